The molecule has 0 saturated carbocycles. The van der Waals surface area contributed by atoms with Crippen LogP contribution in [-0.2, 0) is 27.2 Å². The molecule has 0 saturated heterocycles. The van der Waals surface area contributed by atoms with Crippen molar-refractivity contribution >= 4 is 0 Å². The molecule has 0 aliphatic heterocycles. The average Bonchev–Trinajstić information content (AvgIpc) is 2.80. The van der Waals surface area contributed by atoms with Crippen molar-refractivity contribution in [2.24, 2.45) is 14.1 Å². The molecule has 5 heteroatoms. The van der Waals surface area contributed by atoms with Crippen molar-refractivity contribution in [1.29, 1.82) is 0 Å². The fourth-order valence-corrected chi connectivity index (χ4v) is 1.60. The minimum absolute atomic E-state index is 0.824. The van der Waals surface area contributed by atoms with Crippen molar-refractivity contribution in [2.45, 2.75) is 20.0 Å². The summed E-state index contributed by atoms with van der Waals surface area (Å²) in [5.74, 6) is 0. The smallest absolute Gasteiger partial charge is 0.0945 e. The standard InChI is InChI=1S/C11H17N5/c1-9-10(5-14-16(9)3)4-12-6-11-7-13-8-15(11)2/h5,7-8,12H,4,6H2,1-3H3. The SMILES string of the molecule is Cc1c(CNCc2cncn2C)cnn1C. The number of aryl methyl sites for hydroxylation is 2. The Hall–Kier alpha value is -1.62. The van der Waals surface area contributed by atoms with E-state index in [-0.39, 0.29) is 0 Å². The van der Waals surface area contributed by atoms with Crippen LogP contribution in [0, 0.1) is 6.92 Å². The van der Waals surface area contributed by atoms with Crippen molar-refractivity contribution in [3.63, 3.8) is 0 Å². The third-order valence-electron chi connectivity index (χ3n) is 2.87. The zero-order valence-corrected chi connectivity index (χ0v) is 9.94. The summed E-state index contributed by atoms with van der Waals surface area (Å²) in [7, 11) is 3.96. The maximum absolute atomic E-state index is 4.21. The van der Waals surface area contributed by atoms with Crippen LogP contribution in [0.2, 0.25) is 0 Å². The van der Waals surface area contributed by atoms with Crippen LogP contribution in [0.5, 0.6) is 0 Å². The van der Waals surface area contributed by atoms with Gasteiger partial charge in [-0.1, -0.05) is 0 Å². The van der Waals surface area contributed by atoms with Gasteiger partial charge in [-0.25, -0.2) is 4.98 Å². The van der Waals surface area contributed by atoms with E-state index in [0.717, 1.165) is 13.1 Å². The lowest BCUT2D eigenvalue weighted by Crippen LogP contribution is -2.15. The summed E-state index contributed by atoms with van der Waals surface area (Å²) < 4.78 is 3.91. The van der Waals surface area contributed by atoms with E-state index in [0.29, 0.717) is 0 Å². The minimum atomic E-state index is 0.824. The quantitative estimate of drug-likeness (QED) is 0.825. The Labute approximate surface area is 95.1 Å². The van der Waals surface area contributed by atoms with E-state index >= 15 is 0 Å². The summed E-state index contributed by atoms with van der Waals surface area (Å²) in [6, 6.07) is 0. The molecule has 2 aromatic heterocycles. The molecule has 0 aliphatic carbocycles. The first-order chi connectivity index (χ1) is 7.68. The van der Waals surface area contributed by atoms with Gasteiger partial charge < -0.3 is 9.88 Å². The molecule has 0 bridgehead atoms. The Morgan fingerprint density at radius 2 is 2.06 bits per heavy atom. The maximum Gasteiger partial charge on any atom is 0.0945 e. The highest BCUT2D eigenvalue weighted by Gasteiger charge is 2.03. The van der Waals surface area contributed by atoms with Gasteiger partial charge in [0, 0.05) is 44.6 Å². The van der Waals surface area contributed by atoms with Crippen LogP contribution in [0.15, 0.2) is 18.7 Å². The molecule has 2 aromatic rings. The van der Waals surface area contributed by atoms with Gasteiger partial charge in [-0.3, -0.25) is 4.68 Å². The molecule has 0 radical (unpaired) electrons. The third kappa shape index (κ3) is 2.14. The van der Waals surface area contributed by atoms with Crippen LogP contribution < -0.4 is 5.32 Å². The summed E-state index contributed by atoms with van der Waals surface area (Å²) >= 11 is 0. The van der Waals surface area contributed by atoms with Gasteiger partial charge in [-0.2, -0.15) is 5.10 Å². The molecule has 86 valence electrons. The van der Waals surface area contributed by atoms with Gasteiger partial charge in [0.1, 0.15) is 0 Å². The monoisotopic (exact) mass is 219 g/mol. The molecule has 2 heterocycles. The predicted octanol–water partition coefficient (Wildman–Crippen LogP) is 0.752. The zero-order valence-electron chi connectivity index (χ0n) is 9.94. The Bertz CT molecular complexity index is 468. The lowest BCUT2D eigenvalue weighted by Gasteiger charge is -2.05. The summed E-state index contributed by atoms with van der Waals surface area (Å²) in [6.07, 6.45) is 5.60. The number of hydrogen-bond donors (Lipinski definition) is 1. The van der Waals surface area contributed by atoms with Crippen molar-refractivity contribution in [3.8, 4) is 0 Å². The van der Waals surface area contributed by atoms with Gasteiger partial charge >= 0.3 is 0 Å². The molecular formula is C11H17N5. The van der Waals surface area contributed by atoms with E-state index in [1.807, 2.05) is 42.1 Å². The topological polar surface area (TPSA) is 47.7 Å². The third-order valence-corrected chi connectivity index (χ3v) is 2.87. The molecule has 0 fully saturated rings. The number of aromatic nitrogens is 4. The normalized spacial score (nSPS) is 10.9. The van der Waals surface area contributed by atoms with Gasteiger partial charge in [0.05, 0.1) is 18.2 Å². The van der Waals surface area contributed by atoms with E-state index in [1.54, 1.807) is 0 Å². The summed E-state index contributed by atoms with van der Waals surface area (Å²) in [5, 5.41) is 7.59. The van der Waals surface area contributed by atoms with E-state index < -0.39 is 0 Å². The van der Waals surface area contributed by atoms with Crippen LogP contribution in [0.25, 0.3) is 0 Å². The molecule has 0 atom stereocenters. The first kappa shape index (κ1) is 10.9. The molecule has 16 heavy (non-hydrogen) atoms. The van der Waals surface area contributed by atoms with E-state index in [9.17, 15) is 0 Å². The first-order valence-electron chi connectivity index (χ1n) is 5.32. The molecule has 5 nitrogen and oxygen atoms in total. The molecular weight excluding hydrogens is 202 g/mol. The summed E-state index contributed by atoms with van der Waals surface area (Å²) in [4.78, 5) is 4.08. The van der Waals surface area contributed by atoms with Gasteiger partial charge in [0.2, 0.25) is 0 Å². The van der Waals surface area contributed by atoms with Crippen molar-refractivity contribution in [1.82, 2.24) is 24.6 Å². The number of hydrogen-bond acceptors (Lipinski definition) is 3. The lowest BCUT2D eigenvalue weighted by molar-refractivity contribution is 0.651. The number of rotatable bonds is 4. The second-order valence-corrected chi connectivity index (χ2v) is 3.98. The maximum atomic E-state index is 4.21. The van der Waals surface area contributed by atoms with Crippen LogP contribution >= 0.6 is 0 Å². The van der Waals surface area contributed by atoms with Crippen LogP contribution in [0.3, 0.4) is 0 Å². The summed E-state index contributed by atoms with van der Waals surface area (Å²) in [5.41, 5.74) is 3.63. The molecule has 0 amide bonds. The molecule has 1 N–H and O–H groups in total. The highest BCUT2D eigenvalue weighted by Crippen LogP contribution is 2.05. The highest BCUT2D eigenvalue weighted by molar-refractivity contribution is 5.15. The molecule has 0 unspecified atom stereocenters. The number of nitrogens with zero attached hydrogens (tertiary/aromatic N) is 4. The largest absolute Gasteiger partial charge is 0.337 e. The second kappa shape index (κ2) is 4.49. The van der Waals surface area contributed by atoms with Crippen molar-refractivity contribution < 1.29 is 0 Å². The second-order valence-electron chi connectivity index (χ2n) is 3.98. The number of nitrogens with one attached hydrogen (secondary N) is 1. The Kier molecular flexibility index (Phi) is 3.05. The van der Waals surface area contributed by atoms with Crippen LogP contribution in [-0.4, -0.2) is 19.3 Å². The fraction of sp³-hybridized carbons (Fsp3) is 0.455. The first-order valence-corrected chi connectivity index (χ1v) is 5.32. The van der Waals surface area contributed by atoms with Crippen LogP contribution in [0.1, 0.15) is 17.0 Å². The van der Waals surface area contributed by atoms with Gasteiger partial charge in [-0.15, -0.1) is 0 Å². The van der Waals surface area contributed by atoms with Crippen molar-refractivity contribution in [2.75, 3.05) is 0 Å². The van der Waals surface area contributed by atoms with E-state index in [2.05, 4.69) is 22.3 Å². The highest BCUT2D eigenvalue weighted by atomic mass is 15.3. The lowest BCUT2D eigenvalue weighted by atomic mass is 10.2. The van der Waals surface area contributed by atoms with Gasteiger partial charge in [0.25, 0.3) is 0 Å². The van der Waals surface area contributed by atoms with Gasteiger partial charge in [-0.05, 0) is 6.92 Å². The predicted molar refractivity (Wildman–Crippen MR) is 61.7 cm³/mol. The van der Waals surface area contributed by atoms with E-state index in [1.165, 1.54) is 17.0 Å². The minimum Gasteiger partial charge on any atom is -0.337 e. The molecule has 0 aromatic carbocycles. The van der Waals surface area contributed by atoms with Crippen LogP contribution in [0.4, 0.5) is 0 Å². The average molecular weight is 219 g/mol. The van der Waals surface area contributed by atoms with Gasteiger partial charge in [0.15, 0.2) is 0 Å². The molecule has 0 aliphatic rings. The zero-order chi connectivity index (χ0) is 11.5. The fourth-order valence-electron chi connectivity index (χ4n) is 1.60. The summed E-state index contributed by atoms with van der Waals surface area (Å²) in [6.45, 7) is 3.74. The molecule has 2 rings (SSSR count). The molecule has 0 spiro atoms. The van der Waals surface area contributed by atoms with E-state index in [4.69, 9.17) is 0 Å². The Morgan fingerprint density at radius 3 is 2.62 bits per heavy atom. The van der Waals surface area contributed by atoms with Crippen molar-refractivity contribution in [3.05, 3.63) is 35.7 Å². The number of imidazole rings is 1. The Balaban J connectivity index is 1.89. The Morgan fingerprint density at radius 1 is 1.25 bits per heavy atom.